The molecule has 3 aliphatic rings. The summed E-state index contributed by atoms with van der Waals surface area (Å²) >= 11 is 0. The molecule has 5 nitrogen and oxygen atoms in total. The van der Waals surface area contributed by atoms with Crippen LogP contribution < -0.4 is 5.32 Å². The van der Waals surface area contributed by atoms with Crippen LogP contribution in [0.4, 0.5) is 0 Å². The number of amides is 1. The maximum Gasteiger partial charge on any atom is 0.222 e. The minimum Gasteiger partial charge on any atom is -0.340 e. The van der Waals surface area contributed by atoms with Gasteiger partial charge in [-0.15, -0.1) is 0 Å². The average molecular weight is 385 g/mol. The van der Waals surface area contributed by atoms with Gasteiger partial charge in [0, 0.05) is 50.6 Å². The third-order valence-corrected chi connectivity index (χ3v) is 6.78. The molecule has 2 atom stereocenters. The minimum absolute atomic E-state index is 0.352. The first-order valence-electron chi connectivity index (χ1n) is 11.2. The smallest absolute Gasteiger partial charge is 0.222 e. The molecule has 28 heavy (non-hydrogen) atoms. The first-order chi connectivity index (χ1) is 13.7. The molecule has 1 aromatic carbocycles. The van der Waals surface area contributed by atoms with Crippen molar-refractivity contribution in [2.45, 2.75) is 50.1 Å². The van der Waals surface area contributed by atoms with E-state index in [0.717, 1.165) is 45.1 Å². The highest BCUT2D eigenvalue weighted by atomic mass is 16.2. The molecule has 1 aromatic rings. The standard InChI is InChI=1S/C23H36N4O/c1-25-14-16-27(17-15-25)23(28)8-5-11-26-12-9-20(10-13-26)24-22-18-21(22)19-6-3-2-4-7-19/h2-4,6-7,20-22,24H,5,8-18H2,1H3/t21?,22-/m1/s1. The van der Waals surface area contributed by atoms with E-state index < -0.39 is 0 Å². The number of nitrogens with zero attached hydrogens (tertiary/aromatic N) is 3. The second-order valence-electron chi connectivity index (χ2n) is 8.93. The molecule has 1 N–H and O–H groups in total. The van der Waals surface area contributed by atoms with Crippen LogP contribution in [0.5, 0.6) is 0 Å². The largest absolute Gasteiger partial charge is 0.340 e. The molecule has 0 bridgehead atoms. The van der Waals surface area contributed by atoms with Gasteiger partial charge in [0.2, 0.25) is 5.91 Å². The Bertz CT molecular complexity index is 621. The van der Waals surface area contributed by atoms with E-state index in [1.165, 1.54) is 37.9 Å². The van der Waals surface area contributed by atoms with Crippen molar-refractivity contribution in [3.8, 4) is 0 Å². The number of hydrogen-bond donors (Lipinski definition) is 1. The maximum absolute atomic E-state index is 12.4. The predicted molar refractivity (Wildman–Crippen MR) is 113 cm³/mol. The molecule has 1 saturated carbocycles. The van der Waals surface area contributed by atoms with Crippen LogP contribution in [0.15, 0.2) is 30.3 Å². The molecule has 2 heterocycles. The molecule has 2 saturated heterocycles. The fourth-order valence-corrected chi connectivity index (χ4v) is 4.74. The molecule has 2 aliphatic heterocycles. The van der Waals surface area contributed by atoms with Crippen molar-refractivity contribution in [2.75, 3.05) is 52.9 Å². The quantitative estimate of drug-likeness (QED) is 0.782. The summed E-state index contributed by atoms with van der Waals surface area (Å²) in [4.78, 5) is 19.3. The molecule has 0 radical (unpaired) electrons. The van der Waals surface area contributed by atoms with Gasteiger partial charge in [0.05, 0.1) is 0 Å². The Labute approximate surface area is 170 Å². The number of carbonyl (C=O) groups excluding carboxylic acids is 1. The van der Waals surface area contributed by atoms with Crippen LogP contribution in [0.25, 0.3) is 0 Å². The summed E-state index contributed by atoms with van der Waals surface area (Å²) in [6.07, 6.45) is 5.48. The van der Waals surface area contributed by atoms with Crippen LogP contribution >= 0.6 is 0 Å². The monoisotopic (exact) mass is 384 g/mol. The van der Waals surface area contributed by atoms with E-state index in [-0.39, 0.29) is 0 Å². The first kappa shape index (κ1) is 19.9. The van der Waals surface area contributed by atoms with Crippen LogP contribution in [0.2, 0.25) is 0 Å². The predicted octanol–water partition coefficient (Wildman–Crippen LogP) is 2.15. The van der Waals surface area contributed by atoms with Crippen LogP contribution in [0.3, 0.4) is 0 Å². The van der Waals surface area contributed by atoms with Gasteiger partial charge in [0.1, 0.15) is 0 Å². The van der Waals surface area contributed by atoms with Crippen LogP contribution in [0, 0.1) is 0 Å². The average Bonchev–Trinajstić information content (AvgIpc) is 3.49. The number of piperidine rings is 1. The van der Waals surface area contributed by atoms with Crippen molar-refractivity contribution < 1.29 is 4.79 Å². The van der Waals surface area contributed by atoms with E-state index in [2.05, 4.69) is 57.4 Å². The number of nitrogens with one attached hydrogen (secondary N) is 1. The van der Waals surface area contributed by atoms with E-state index in [1.807, 2.05) is 0 Å². The molecule has 5 heteroatoms. The van der Waals surface area contributed by atoms with Gasteiger partial charge in [-0.05, 0) is 57.9 Å². The van der Waals surface area contributed by atoms with Crippen LogP contribution in [-0.2, 0) is 4.79 Å². The molecule has 1 amide bonds. The lowest BCUT2D eigenvalue weighted by atomic mass is 10.0. The highest BCUT2D eigenvalue weighted by Crippen LogP contribution is 2.41. The number of hydrogen-bond acceptors (Lipinski definition) is 4. The first-order valence-corrected chi connectivity index (χ1v) is 11.2. The number of likely N-dealkylation sites (tertiary alicyclic amines) is 1. The fourth-order valence-electron chi connectivity index (χ4n) is 4.74. The van der Waals surface area contributed by atoms with Gasteiger partial charge in [-0.25, -0.2) is 0 Å². The number of likely N-dealkylation sites (N-methyl/N-ethyl adjacent to an activating group) is 1. The molecule has 1 unspecified atom stereocenters. The Morgan fingerprint density at radius 3 is 2.46 bits per heavy atom. The van der Waals surface area contributed by atoms with Crippen molar-refractivity contribution in [1.29, 1.82) is 0 Å². The number of piperazine rings is 1. The lowest BCUT2D eigenvalue weighted by Crippen LogP contribution is -2.47. The van der Waals surface area contributed by atoms with E-state index in [9.17, 15) is 4.79 Å². The Hall–Kier alpha value is -1.43. The second-order valence-corrected chi connectivity index (χ2v) is 8.93. The van der Waals surface area contributed by atoms with Gasteiger partial charge in [-0.1, -0.05) is 30.3 Å². The zero-order valence-corrected chi connectivity index (χ0v) is 17.4. The van der Waals surface area contributed by atoms with Gasteiger partial charge in [0.15, 0.2) is 0 Å². The Balaban J connectivity index is 1.09. The second kappa shape index (κ2) is 9.38. The highest BCUT2D eigenvalue weighted by molar-refractivity contribution is 5.76. The summed E-state index contributed by atoms with van der Waals surface area (Å²) in [6.45, 7) is 7.24. The van der Waals surface area contributed by atoms with Crippen LogP contribution in [0.1, 0.15) is 43.6 Å². The van der Waals surface area contributed by atoms with E-state index in [1.54, 1.807) is 0 Å². The number of rotatable bonds is 7. The van der Waals surface area contributed by atoms with Crippen molar-refractivity contribution in [3.63, 3.8) is 0 Å². The third-order valence-electron chi connectivity index (χ3n) is 6.78. The molecule has 3 fully saturated rings. The summed E-state index contributed by atoms with van der Waals surface area (Å²) < 4.78 is 0. The summed E-state index contributed by atoms with van der Waals surface area (Å²) in [7, 11) is 2.13. The highest BCUT2D eigenvalue weighted by Gasteiger charge is 2.39. The minimum atomic E-state index is 0.352. The number of benzene rings is 1. The zero-order valence-electron chi connectivity index (χ0n) is 17.4. The summed E-state index contributed by atoms with van der Waals surface area (Å²) in [6, 6.07) is 12.3. The van der Waals surface area contributed by atoms with Crippen molar-refractivity contribution >= 4 is 5.91 Å². The molecule has 1 aliphatic carbocycles. The zero-order chi connectivity index (χ0) is 19.3. The normalized spacial score (nSPS) is 27.1. The lowest BCUT2D eigenvalue weighted by Gasteiger charge is -2.34. The van der Waals surface area contributed by atoms with Gasteiger partial charge in [-0.3, -0.25) is 4.79 Å². The Morgan fingerprint density at radius 2 is 1.75 bits per heavy atom. The molecular weight excluding hydrogens is 348 g/mol. The molecule has 0 aromatic heterocycles. The third kappa shape index (κ3) is 5.34. The number of carbonyl (C=O) groups is 1. The fraction of sp³-hybridized carbons (Fsp3) is 0.696. The van der Waals surface area contributed by atoms with Crippen molar-refractivity contribution in [2.24, 2.45) is 0 Å². The van der Waals surface area contributed by atoms with Crippen molar-refractivity contribution in [3.05, 3.63) is 35.9 Å². The molecule has 154 valence electrons. The summed E-state index contributed by atoms with van der Waals surface area (Å²) in [5.41, 5.74) is 1.49. The van der Waals surface area contributed by atoms with Gasteiger partial charge >= 0.3 is 0 Å². The van der Waals surface area contributed by atoms with E-state index >= 15 is 0 Å². The van der Waals surface area contributed by atoms with E-state index in [4.69, 9.17) is 0 Å². The van der Waals surface area contributed by atoms with Gasteiger partial charge < -0.3 is 20.0 Å². The van der Waals surface area contributed by atoms with Crippen molar-refractivity contribution in [1.82, 2.24) is 20.0 Å². The topological polar surface area (TPSA) is 38.8 Å². The van der Waals surface area contributed by atoms with E-state index in [0.29, 0.717) is 24.4 Å². The van der Waals surface area contributed by atoms with Gasteiger partial charge in [-0.2, -0.15) is 0 Å². The Morgan fingerprint density at radius 1 is 1.04 bits per heavy atom. The van der Waals surface area contributed by atoms with Crippen LogP contribution in [-0.4, -0.2) is 85.6 Å². The summed E-state index contributed by atoms with van der Waals surface area (Å²) in [5.74, 6) is 1.07. The maximum atomic E-state index is 12.4. The summed E-state index contributed by atoms with van der Waals surface area (Å²) in [5, 5.41) is 3.89. The SMILES string of the molecule is CN1CCN(C(=O)CCCN2CCC(N[C@@H]3CC3c3ccccc3)CC2)CC1. The lowest BCUT2D eigenvalue weighted by molar-refractivity contribution is -0.132. The molecule has 4 rings (SSSR count). The molecular formula is C23H36N4O. The Kier molecular flexibility index (Phi) is 6.65. The van der Waals surface area contributed by atoms with Gasteiger partial charge in [0.25, 0.3) is 0 Å². The molecule has 0 spiro atoms.